The lowest BCUT2D eigenvalue weighted by Gasteiger charge is -2.17. The van der Waals surface area contributed by atoms with Gasteiger partial charge in [-0.3, -0.25) is 4.79 Å². The Kier molecular flexibility index (Phi) is 8.33. The number of thiol groups is 1. The summed E-state index contributed by atoms with van der Waals surface area (Å²) in [7, 11) is 3.96. The number of aliphatic carboxylic acids is 1. The highest BCUT2D eigenvalue weighted by Gasteiger charge is 2.22. The molecule has 0 saturated carbocycles. The molecule has 2 N–H and O–H groups in total. The molecular formula is C16H24N2O3S2. The van der Waals surface area contributed by atoms with Gasteiger partial charge < -0.3 is 15.3 Å². The van der Waals surface area contributed by atoms with Crippen molar-refractivity contribution in [1.82, 2.24) is 5.32 Å². The predicted molar refractivity (Wildman–Crippen MR) is 99.5 cm³/mol. The molecule has 1 unspecified atom stereocenters. The first-order valence-electron chi connectivity index (χ1n) is 7.33. The lowest BCUT2D eigenvalue weighted by atomic mass is 10.2. The second-order valence-electron chi connectivity index (χ2n) is 5.56. The third-order valence-electron chi connectivity index (χ3n) is 3.34. The Labute approximate surface area is 147 Å². The smallest absolute Gasteiger partial charge is 0.327 e. The predicted octanol–water partition coefficient (Wildman–Crippen LogP) is 2.12. The number of carbonyl (C=O) groups excluding carboxylic acids is 1. The van der Waals surface area contributed by atoms with Crippen LogP contribution in [0.15, 0.2) is 24.3 Å². The molecule has 0 aromatic heterocycles. The molecule has 7 heteroatoms. The number of hydrogen-bond acceptors (Lipinski definition) is 5. The van der Waals surface area contributed by atoms with Crippen molar-refractivity contribution in [1.29, 1.82) is 0 Å². The van der Waals surface area contributed by atoms with Gasteiger partial charge in [-0.05, 0) is 17.7 Å². The third kappa shape index (κ3) is 6.74. The number of thioether (sulfide) groups is 1. The Bertz CT molecular complexity index is 521. The van der Waals surface area contributed by atoms with Gasteiger partial charge in [0.1, 0.15) is 6.04 Å². The van der Waals surface area contributed by atoms with Crippen molar-refractivity contribution in [2.24, 2.45) is 5.92 Å². The number of amides is 1. The third-order valence-corrected chi connectivity index (χ3v) is 5.00. The summed E-state index contributed by atoms with van der Waals surface area (Å²) in [6.45, 7) is 1.72. The SMILES string of the molecule is CC(CS)C(=O)N[C@@H](CSCc1ccc(N(C)C)cc1)C(=O)O. The number of rotatable bonds is 9. The normalized spacial score (nSPS) is 13.2. The Hall–Kier alpha value is -1.34. The fraction of sp³-hybridized carbons (Fsp3) is 0.500. The maximum atomic E-state index is 11.8. The summed E-state index contributed by atoms with van der Waals surface area (Å²) in [4.78, 5) is 25.1. The number of nitrogens with one attached hydrogen (secondary N) is 1. The van der Waals surface area contributed by atoms with Gasteiger partial charge in [-0.1, -0.05) is 19.1 Å². The molecule has 23 heavy (non-hydrogen) atoms. The van der Waals surface area contributed by atoms with Crippen LogP contribution >= 0.6 is 24.4 Å². The highest BCUT2D eigenvalue weighted by Crippen LogP contribution is 2.17. The molecule has 0 aliphatic carbocycles. The van der Waals surface area contributed by atoms with Gasteiger partial charge in [-0.15, -0.1) is 0 Å². The van der Waals surface area contributed by atoms with Crippen LogP contribution in [0.1, 0.15) is 12.5 Å². The summed E-state index contributed by atoms with van der Waals surface area (Å²) in [5, 5.41) is 11.8. The molecule has 0 spiro atoms. The van der Waals surface area contributed by atoms with E-state index in [2.05, 4.69) is 17.9 Å². The van der Waals surface area contributed by atoms with Crippen LogP contribution in [0.25, 0.3) is 0 Å². The van der Waals surface area contributed by atoms with Crippen molar-refractivity contribution in [3.63, 3.8) is 0 Å². The molecule has 0 radical (unpaired) electrons. The lowest BCUT2D eigenvalue weighted by Crippen LogP contribution is -2.45. The number of nitrogens with zero attached hydrogens (tertiary/aromatic N) is 1. The molecule has 5 nitrogen and oxygen atoms in total. The highest BCUT2D eigenvalue weighted by atomic mass is 32.2. The average molecular weight is 357 g/mol. The molecule has 0 heterocycles. The fourth-order valence-corrected chi connectivity index (χ4v) is 2.93. The van der Waals surface area contributed by atoms with Crippen molar-refractivity contribution in [3.8, 4) is 0 Å². The van der Waals surface area contributed by atoms with Crippen molar-refractivity contribution in [2.75, 3.05) is 30.5 Å². The lowest BCUT2D eigenvalue weighted by molar-refractivity contribution is -0.141. The van der Waals surface area contributed by atoms with E-state index in [4.69, 9.17) is 0 Å². The van der Waals surface area contributed by atoms with E-state index in [9.17, 15) is 14.7 Å². The molecule has 0 bridgehead atoms. The number of carbonyl (C=O) groups is 2. The maximum absolute atomic E-state index is 11.8. The van der Waals surface area contributed by atoms with E-state index in [0.717, 1.165) is 11.3 Å². The first kappa shape index (κ1) is 19.7. The largest absolute Gasteiger partial charge is 0.480 e. The van der Waals surface area contributed by atoms with Crippen LogP contribution in [0.5, 0.6) is 0 Å². The summed E-state index contributed by atoms with van der Waals surface area (Å²) in [6, 6.07) is 7.23. The Morgan fingerprint density at radius 1 is 1.30 bits per heavy atom. The molecule has 0 aliphatic heterocycles. The summed E-state index contributed by atoms with van der Waals surface area (Å²) in [5.74, 6) is -0.165. The number of anilines is 1. The monoisotopic (exact) mass is 356 g/mol. The van der Waals surface area contributed by atoms with Gasteiger partial charge >= 0.3 is 5.97 Å². The van der Waals surface area contributed by atoms with E-state index in [1.165, 1.54) is 11.8 Å². The molecule has 1 aromatic rings. The summed E-state index contributed by atoms with van der Waals surface area (Å²) >= 11 is 5.54. The highest BCUT2D eigenvalue weighted by molar-refractivity contribution is 7.98. The van der Waals surface area contributed by atoms with Gasteiger partial charge in [0.05, 0.1) is 0 Å². The van der Waals surface area contributed by atoms with Crippen molar-refractivity contribution < 1.29 is 14.7 Å². The first-order valence-corrected chi connectivity index (χ1v) is 9.12. The summed E-state index contributed by atoms with van der Waals surface area (Å²) in [6.07, 6.45) is 0. The average Bonchev–Trinajstić information content (AvgIpc) is 2.53. The molecule has 0 saturated heterocycles. The van der Waals surface area contributed by atoms with Gasteiger partial charge in [-0.25, -0.2) is 4.79 Å². The van der Waals surface area contributed by atoms with E-state index in [1.54, 1.807) is 6.92 Å². The zero-order valence-corrected chi connectivity index (χ0v) is 15.4. The van der Waals surface area contributed by atoms with Crippen LogP contribution in [0, 0.1) is 5.92 Å². The van der Waals surface area contributed by atoms with Gasteiger partial charge in [-0.2, -0.15) is 24.4 Å². The summed E-state index contributed by atoms with van der Waals surface area (Å²) < 4.78 is 0. The number of carboxylic acids is 1. The Balaban J connectivity index is 2.49. The molecule has 128 valence electrons. The minimum absolute atomic E-state index is 0.275. The van der Waals surface area contributed by atoms with Gasteiger partial charge in [0.15, 0.2) is 0 Å². The molecule has 1 rings (SSSR count). The van der Waals surface area contributed by atoms with E-state index < -0.39 is 12.0 Å². The first-order chi connectivity index (χ1) is 10.8. The van der Waals surface area contributed by atoms with E-state index in [1.807, 2.05) is 43.3 Å². The second-order valence-corrected chi connectivity index (χ2v) is 6.95. The second kappa shape index (κ2) is 9.72. The minimum Gasteiger partial charge on any atom is -0.480 e. The quantitative estimate of drug-likeness (QED) is 0.591. The number of hydrogen-bond donors (Lipinski definition) is 3. The van der Waals surface area contributed by atoms with Crippen LogP contribution in [-0.4, -0.2) is 48.6 Å². The van der Waals surface area contributed by atoms with Crippen LogP contribution in [0.2, 0.25) is 0 Å². The standard InChI is InChI=1S/C16H24N2O3S2/c1-11(8-22)15(19)17-14(16(20)21)10-23-9-12-4-6-13(7-5-12)18(2)3/h4-7,11,14,22H,8-10H2,1-3H3,(H,17,19)(H,20,21)/t11?,14-/m0/s1. The van der Waals surface area contributed by atoms with Crippen LogP contribution < -0.4 is 10.2 Å². The number of benzene rings is 1. The van der Waals surface area contributed by atoms with E-state index >= 15 is 0 Å². The van der Waals surface area contributed by atoms with E-state index in [-0.39, 0.29) is 11.8 Å². The zero-order valence-electron chi connectivity index (χ0n) is 13.7. The van der Waals surface area contributed by atoms with E-state index in [0.29, 0.717) is 17.3 Å². The molecule has 1 aromatic carbocycles. The molecule has 1 amide bonds. The van der Waals surface area contributed by atoms with Crippen LogP contribution in [0.4, 0.5) is 5.69 Å². The molecule has 0 aliphatic rings. The minimum atomic E-state index is -1.01. The van der Waals surface area contributed by atoms with Crippen molar-refractivity contribution >= 4 is 42.0 Å². The van der Waals surface area contributed by atoms with Crippen LogP contribution in [-0.2, 0) is 15.3 Å². The number of carboxylic acid groups (broad SMARTS) is 1. The molecule has 0 fully saturated rings. The zero-order chi connectivity index (χ0) is 17.4. The van der Waals surface area contributed by atoms with Crippen LogP contribution in [0.3, 0.4) is 0 Å². The molecular weight excluding hydrogens is 332 g/mol. The fourth-order valence-electron chi connectivity index (χ4n) is 1.76. The topological polar surface area (TPSA) is 69.6 Å². The Morgan fingerprint density at radius 2 is 1.91 bits per heavy atom. The van der Waals surface area contributed by atoms with Gasteiger partial charge in [0, 0.05) is 43.0 Å². The van der Waals surface area contributed by atoms with Crippen molar-refractivity contribution in [2.45, 2.75) is 18.7 Å². The maximum Gasteiger partial charge on any atom is 0.327 e. The molecule has 2 atom stereocenters. The van der Waals surface area contributed by atoms with Crippen molar-refractivity contribution in [3.05, 3.63) is 29.8 Å². The summed E-state index contributed by atoms with van der Waals surface area (Å²) in [5.41, 5.74) is 2.25. The Morgan fingerprint density at radius 3 is 2.39 bits per heavy atom. The van der Waals surface area contributed by atoms with Gasteiger partial charge in [0.25, 0.3) is 0 Å². The van der Waals surface area contributed by atoms with Gasteiger partial charge in [0.2, 0.25) is 5.91 Å².